The van der Waals surface area contributed by atoms with Crippen molar-refractivity contribution >= 4 is 6.03 Å². The van der Waals surface area contributed by atoms with Crippen LogP contribution in [-0.4, -0.2) is 24.0 Å². The summed E-state index contributed by atoms with van der Waals surface area (Å²) in [6.07, 6.45) is 2.21. The second-order valence-electron chi connectivity index (χ2n) is 5.42. The first-order valence-electron chi connectivity index (χ1n) is 7.66. The summed E-state index contributed by atoms with van der Waals surface area (Å²) in [5, 5.41) is 2.96. The molecular formula is C18H20N2O2. The number of nitrogens with one attached hydrogen (secondary N) is 1. The number of para-hydroxylation sites is 1. The highest BCUT2D eigenvalue weighted by Crippen LogP contribution is 2.21. The average Bonchev–Trinajstić information content (AvgIpc) is 3.08. The molecule has 1 N–H and O–H groups in total. The minimum absolute atomic E-state index is 0.0203. The van der Waals surface area contributed by atoms with Crippen molar-refractivity contribution in [1.82, 2.24) is 10.2 Å². The molecule has 1 saturated heterocycles. The minimum atomic E-state index is 0.0203. The van der Waals surface area contributed by atoms with Crippen molar-refractivity contribution in [2.24, 2.45) is 0 Å². The van der Waals surface area contributed by atoms with Gasteiger partial charge in [-0.15, -0.1) is 0 Å². The van der Waals surface area contributed by atoms with Crippen LogP contribution in [0, 0.1) is 0 Å². The van der Waals surface area contributed by atoms with Crippen LogP contribution in [-0.2, 0) is 6.54 Å². The van der Waals surface area contributed by atoms with Crippen molar-refractivity contribution in [3.63, 3.8) is 0 Å². The molecule has 3 rings (SSSR count). The van der Waals surface area contributed by atoms with Gasteiger partial charge in [-0.1, -0.05) is 30.3 Å². The fourth-order valence-electron chi connectivity index (χ4n) is 2.55. The molecule has 4 nitrogen and oxygen atoms in total. The van der Waals surface area contributed by atoms with E-state index in [1.54, 1.807) is 0 Å². The molecule has 114 valence electrons. The van der Waals surface area contributed by atoms with Gasteiger partial charge >= 0.3 is 6.03 Å². The van der Waals surface area contributed by atoms with Crippen LogP contribution in [0.2, 0.25) is 0 Å². The maximum Gasteiger partial charge on any atom is 0.317 e. The van der Waals surface area contributed by atoms with E-state index in [9.17, 15) is 4.79 Å². The first-order chi connectivity index (χ1) is 10.8. The first kappa shape index (κ1) is 14.4. The summed E-state index contributed by atoms with van der Waals surface area (Å²) in [7, 11) is 0. The summed E-state index contributed by atoms with van der Waals surface area (Å²) in [6, 6.07) is 17.5. The molecule has 22 heavy (non-hydrogen) atoms. The summed E-state index contributed by atoms with van der Waals surface area (Å²) in [6.45, 7) is 2.24. The van der Waals surface area contributed by atoms with Crippen molar-refractivity contribution in [1.29, 1.82) is 0 Å². The fourth-order valence-corrected chi connectivity index (χ4v) is 2.55. The molecule has 4 heteroatoms. The smallest absolute Gasteiger partial charge is 0.317 e. The van der Waals surface area contributed by atoms with Crippen molar-refractivity contribution < 1.29 is 9.53 Å². The van der Waals surface area contributed by atoms with Gasteiger partial charge in [0.05, 0.1) is 0 Å². The van der Waals surface area contributed by atoms with Gasteiger partial charge in [-0.3, -0.25) is 0 Å². The van der Waals surface area contributed by atoms with E-state index in [1.165, 1.54) is 0 Å². The molecule has 0 unspecified atom stereocenters. The van der Waals surface area contributed by atoms with E-state index in [2.05, 4.69) is 5.32 Å². The minimum Gasteiger partial charge on any atom is -0.457 e. The highest BCUT2D eigenvalue weighted by molar-refractivity contribution is 5.74. The van der Waals surface area contributed by atoms with Crippen LogP contribution in [0.5, 0.6) is 11.5 Å². The first-order valence-corrected chi connectivity index (χ1v) is 7.66. The zero-order valence-corrected chi connectivity index (χ0v) is 12.5. The van der Waals surface area contributed by atoms with E-state index in [1.807, 2.05) is 59.5 Å². The van der Waals surface area contributed by atoms with Gasteiger partial charge in [0.15, 0.2) is 0 Å². The lowest BCUT2D eigenvalue weighted by molar-refractivity contribution is 0.208. The molecule has 0 aliphatic carbocycles. The average molecular weight is 296 g/mol. The van der Waals surface area contributed by atoms with Gasteiger partial charge in [0.1, 0.15) is 11.5 Å². The molecule has 1 fully saturated rings. The Hall–Kier alpha value is -2.49. The molecule has 2 aromatic rings. The molecular weight excluding hydrogens is 276 g/mol. The number of benzene rings is 2. The lowest BCUT2D eigenvalue weighted by atomic mass is 10.2. The molecule has 1 heterocycles. The lowest BCUT2D eigenvalue weighted by Crippen LogP contribution is -2.37. The molecule has 1 aliphatic rings. The van der Waals surface area contributed by atoms with Gasteiger partial charge in [-0.05, 0) is 42.7 Å². The Morgan fingerprint density at radius 1 is 1.00 bits per heavy atom. The zero-order chi connectivity index (χ0) is 15.2. The van der Waals surface area contributed by atoms with Gasteiger partial charge in [0, 0.05) is 19.6 Å². The number of carbonyl (C=O) groups excluding carboxylic acids is 1. The summed E-state index contributed by atoms with van der Waals surface area (Å²) < 4.78 is 5.80. The van der Waals surface area contributed by atoms with Crippen molar-refractivity contribution in [2.75, 3.05) is 13.1 Å². The number of likely N-dealkylation sites (tertiary alicyclic amines) is 1. The summed E-state index contributed by atoms with van der Waals surface area (Å²) in [4.78, 5) is 13.8. The van der Waals surface area contributed by atoms with Gasteiger partial charge in [0.2, 0.25) is 0 Å². The molecule has 0 bridgehead atoms. The van der Waals surface area contributed by atoms with Crippen LogP contribution < -0.4 is 10.1 Å². The highest BCUT2D eigenvalue weighted by atomic mass is 16.5. The van der Waals surface area contributed by atoms with Crippen molar-refractivity contribution in [3.05, 3.63) is 60.2 Å². The second kappa shape index (κ2) is 6.98. The molecule has 0 radical (unpaired) electrons. The van der Waals surface area contributed by atoms with Gasteiger partial charge in [-0.25, -0.2) is 4.79 Å². The summed E-state index contributed by atoms with van der Waals surface area (Å²) in [5.74, 6) is 1.58. The molecule has 0 atom stereocenters. The van der Waals surface area contributed by atoms with E-state index in [0.29, 0.717) is 6.54 Å². The van der Waals surface area contributed by atoms with Crippen molar-refractivity contribution in [2.45, 2.75) is 19.4 Å². The third-order valence-electron chi connectivity index (χ3n) is 3.71. The number of ether oxygens (including phenoxy) is 1. The Bertz CT molecular complexity index is 622. The van der Waals surface area contributed by atoms with E-state index < -0.39 is 0 Å². The number of carbonyl (C=O) groups is 1. The van der Waals surface area contributed by atoms with Crippen LogP contribution in [0.25, 0.3) is 0 Å². The largest absolute Gasteiger partial charge is 0.457 e. The van der Waals surface area contributed by atoms with Gasteiger partial charge in [-0.2, -0.15) is 0 Å². The Morgan fingerprint density at radius 2 is 1.73 bits per heavy atom. The Morgan fingerprint density at radius 3 is 2.50 bits per heavy atom. The van der Waals surface area contributed by atoms with Crippen LogP contribution >= 0.6 is 0 Å². The quantitative estimate of drug-likeness (QED) is 0.932. The number of urea groups is 1. The number of hydrogen-bond donors (Lipinski definition) is 1. The highest BCUT2D eigenvalue weighted by Gasteiger charge is 2.17. The Labute approximate surface area is 130 Å². The standard InChI is InChI=1S/C18H20N2O2/c21-18(20-11-4-5-12-20)19-14-15-7-6-10-17(13-15)22-16-8-2-1-3-9-16/h1-3,6-10,13H,4-5,11-12,14H2,(H,19,21). The SMILES string of the molecule is O=C(NCc1cccc(Oc2ccccc2)c1)N1CCCC1. The maximum atomic E-state index is 12.0. The topological polar surface area (TPSA) is 41.6 Å². The summed E-state index contributed by atoms with van der Waals surface area (Å²) >= 11 is 0. The lowest BCUT2D eigenvalue weighted by Gasteiger charge is -2.16. The molecule has 0 saturated carbocycles. The number of nitrogens with zero attached hydrogens (tertiary/aromatic N) is 1. The number of amides is 2. The van der Waals surface area contributed by atoms with Crippen LogP contribution in [0.4, 0.5) is 4.79 Å². The number of rotatable bonds is 4. The summed E-state index contributed by atoms with van der Waals surface area (Å²) in [5.41, 5.74) is 1.03. The third-order valence-corrected chi connectivity index (χ3v) is 3.71. The van der Waals surface area contributed by atoms with Crippen molar-refractivity contribution in [3.8, 4) is 11.5 Å². The number of hydrogen-bond acceptors (Lipinski definition) is 2. The molecule has 2 amide bonds. The fraction of sp³-hybridized carbons (Fsp3) is 0.278. The Kier molecular flexibility index (Phi) is 4.59. The van der Waals surface area contributed by atoms with Gasteiger partial charge in [0.25, 0.3) is 0 Å². The normalized spacial score (nSPS) is 13.9. The molecule has 2 aromatic carbocycles. The van der Waals surface area contributed by atoms with Crippen LogP contribution in [0.1, 0.15) is 18.4 Å². The van der Waals surface area contributed by atoms with E-state index in [-0.39, 0.29) is 6.03 Å². The Balaban J connectivity index is 1.58. The second-order valence-corrected chi connectivity index (χ2v) is 5.42. The van der Waals surface area contributed by atoms with E-state index >= 15 is 0 Å². The van der Waals surface area contributed by atoms with Crippen LogP contribution in [0.3, 0.4) is 0 Å². The van der Waals surface area contributed by atoms with E-state index in [0.717, 1.165) is 43.0 Å². The van der Waals surface area contributed by atoms with Crippen LogP contribution in [0.15, 0.2) is 54.6 Å². The molecule has 1 aliphatic heterocycles. The monoisotopic (exact) mass is 296 g/mol. The van der Waals surface area contributed by atoms with E-state index in [4.69, 9.17) is 4.74 Å². The predicted molar refractivity (Wildman–Crippen MR) is 86.0 cm³/mol. The molecule has 0 spiro atoms. The van der Waals surface area contributed by atoms with Gasteiger partial charge < -0.3 is 15.0 Å². The predicted octanol–water partition coefficient (Wildman–Crippen LogP) is 3.78. The maximum absolute atomic E-state index is 12.0. The zero-order valence-electron chi connectivity index (χ0n) is 12.5. The molecule has 0 aromatic heterocycles. The third kappa shape index (κ3) is 3.79.